The molecular weight excluding hydrogens is 490 g/mol. The molecule has 8 heteroatoms. The SMILES string of the molecule is COc1cc(N2CC=C(Oc3ccc(-c4ccccc4)cc3)C2=O)ccc1OCCN1CCC(F)(F)CC1. The number of piperidine rings is 1. The normalized spacial score (nSPS) is 17.3. The summed E-state index contributed by atoms with van der Waals surface area (Å²) in [5.41, 5.74) is 2.84. The summed E-state index contributed by atoms with van der Waals surface area (Å²) in [6.07, 6.45) is 1.52. The van der Waals surface area contributed by atoms with Crippen molar-refractivity contribution in [2.45, 2.75) is 18.8 Å². The van der Waals surface area contributed by atoms with Gasteiger partial charge in [-0.1, -0.05) is 42.5 Å². The molecule has 5 rings (SSSR count). The highest BCUT2D eigenvalue weighted by Crippen LogP contribution is 2.34. The highest BCUT2D eigenvalue weighted by molar-refractivity contribution is 6.07. The second-order valence-electron chi connectivity index (χ2n) is 9.36. The van der Waals surface area contributed by atoms with Crippen LogP contribution in [0.3, 0.4) is 0 Å². The number of benzene rings is 3. The summed E-state index contributed by atoms with van der Waals surface area (Å²) in [6.45, 7) is 2.00. The number of methoxy groups -OCH3 is 1. The fourth-order valence-electron chi connectivity index (χ4n) is 4.59. The third kappa shape index (κ3) is 5.97. The molecular formula is C30H30F2N2O4. The molecule has 3 aromatic carbocycles. The van der Waals surface area contributed by atoms with E-state index in [1.165, 1.54) is 7.11 Å². The lowest BCUT2D eigenvalue weighted by Crippen LogP contribution is -2.41. The van der Waals surface area contributed by atoms with Crippen molar-refractivity contribution in [1.29, 1.82) is 0 Å². The second kappa shape index (κ2) is 11.2. The van der Waals surface area contributed by atoms with E-state index in [2.05, 4.69) is 0 Å². The molecule has 38 heavy (non-hydrogen) atoms. The van der Waals surface area contributed by atoms with Gasteiger partial charge in [-0.25, -0.2) is 8.78 Å². The fourth-order valence-corrected chi connectivity index (χ4v) is 4.59. The first-order valence-corrected chi connectivity index (χ1v) is 12.7. The maximum atomic E-state index is 13.3. The lowest BCUT2D eigenvalue weighted by atomic mass is 10.1. The number of amides is 1. The van der Waals surface area contributed by atoms with Gasteiger partial charge < -0.3 is 19.1 Å². The largest absolute Gasteiger partial charge is 0.493 e. The van der Waals surface area contributed by atoms with Crippen molar-refractivity contribution >= 4 is 11.6 Å². The minimum atomic E-state index is -2.56. The highest BCUT2D eigenvalue weighted by atomic mass is 19.3. The quantitative estimate of drug-likeness (QED) is 0.358. The highest BCUT2D eigenvalue weighted by Gasteiger charge is 2.33. The number of rotatable bonds is 9. The number of halogens is 2. The van der Waals surface area contributed by atoms with Crippen LogP contribution in [0.25, 0.3) is 11.1 Å². The zero-order chi connectivity index (χ0) is 26.5. The Morgan fingerprint density at radius 2 is 1.61 bits per heavy atom. The first-order chi connectivity index (χ1) is 18.4. The maximum absolute atomic E-state index is 13.3. The van der Waals surface area contributed by atoms with Crippen LogP contribution < -0.4 is 19.1 Å². The van der Waals surface area contributed by atoms with Crippen molar-refractivity contribution < 1.29 is 27.8 Å². The molecule has 198 valence electrons. The van der Waals surface area contributed by atoms with E-state index in [1.54, 1.807) is 29.2 Å². The Bertz CT molecular complexity index is 1290. The van der Waals surface area contributed by atoms with Crippen LogP contribution in [0.4, 0.5) is 14.5 Å². The van der Waals surface area contributed by atoms with Crippen LogP contribution in [0.1, 0.15) is 12.8 Å². The predicted octanol–water partition coefficient (Wildman–Crippen LogP) is 5.78. The molecule has 6 nitrogen and oxygen atoms in total. The maximum Gasteiger partial charge on any atom is 0.294 e. The molecule has 0 spiro atoms. The number of ether oxygens (including phenoxy) is 3. The standard InChI is InChI=1S/C30H30F2N2O4/c1-36-28-21-24(9-12-26(28)37-20-19-33-17-14-30(31,32)15-18-33)34-16-13-27(29(34)35)38-25-10-7-23(8-11-25)22-5-3-2-4-6-22/h2-13,21H,14-20H2,1H3. The third-order valence-electron chi connectivity index (χ3n) is 6.82. The Kier molecular flexibility index (Phi) is 7.60. The van der Waals surface area contributed by atoms with Crippen LogP contribution in [0.15, 0.2) is 84.6 Å². The Labute approximate surface area is 221 Å². The van der Waals surface area contributed by atoms with E-state index in [-0.39, 0.29) is 24.5 Å². The van der Waals surface area contributed by atoms with Crippen molar-refractivity contribution in [3.8, 4) is 28.4 Å². The summed E-state index contributed by atoms with van der Waals surface area (Å²) in [7, 11) is 1.54. The summed E-state index contributed by atoms with van der Waals surface area (Å²) in [4.78, 5) is 16.7. The molecule has 2 aliphatic rings. The van der Waals surface area contributed by atoms with E-state index in [4.69, 9.17) is 14.2 Å². The van der Waals surface area contributed by atoms with Crippen molar-refractivity contribution in [3.05, 3.63) is 84.6 Å². The third-order valence-corrected chi connectivity index (χ3v) is 6.82. The summed E-state index contributed by atoms with van der Waals surface area (Å²) >= 11 is 0. The predicted molar refractivity (Wildman–Crippen MR) is 142 cm³/mol. The van der Waals surface area contributed by atoms with Crippen LogP contribution in [0.5, 0.6) is 17.2 Å². The van der Waals surface area contributed by atoms with Gasteiger partial charge in [0.2, 0.25) is 0 Å². The van der Waals surface area contributed by atoms with Gasteiger partial charge in [0.05, 0.1) is 7.11 Å². The molecule has 0 atom stereocenters. The van der Waals surface area contributed by atoms with Crippen molar-refractivity contribution in [2.24, 2.45) is 0 Å². The number of carbonyl (C=O) groups is 1. The van der Waals surface area contributed by atoms with Crippen LogP contribution in [0, 0.1) is 0 Å². The summed E-state index contributed by atoms with van der Waals surface area (Å²) in [5, 5.41) is 0. The van der Waals surface area contributed by atoms with Gasteiger partial charge in [0, 0.05) is 50.8 Å². The van der Waals surface area contributed by atoms with Crippen LogP contribution in [0.2, 0.25) is 0 Å². The Balaban J connectivity index is 1.17. The van der Waals surface area contributed by atoms with E-state index in [1.807, 2.05) is 59.5 Å². The van der Waals surface area contributed by atoms with E-state index in [0.717, 1.165) is 11.1 Å². The molecule has 3 aromatic rings. The molecule has 2 heterocycles. The molecule has 0 unspecified atom stereocenters. The monoisotopic (exact) mass is 520 g/mol. The van der Waals surface area contributed by atoms with E-state index >= 15 is 0 Å². The summed E-state index contributed by atoms with van der Waals surface area (Å²) < 4.78 is 44.0. The Hall–Kier alpha value is -3.91. The van der Waals surface area contributed by atoms with Gasteiger partial charge in [-0.3, -0.25) is 9.69 Å². The van der Waals surface area contributed by atoms with Gasteiger partial charge in [0.1, 0.15) is 12.4 Å². The number of hydrogen-bond acceptors (Lipinski definition) is 5. The molecule has 1 amide bonds. The van der Waals surface area contributed by atoms with Gasteiger partial charge in [0.25, 0.3) is 11.8 Å². The first-order valence-electron chi connectivity index (χ1n) is 12.7. The number of anilines is 1. The molecule has 0 saturated carbocycles. The van der Waals surface area contributed by atoms with Gasteiger partial charge in [-0.15, -0.1) is 0 Å². The lowest BCUT2D eigenvalue weighted by molar-refractivity contribution is -0.116. The minimum absolute atomic E-state index is 0.117. The molecule has 1 saturated heterocycles. The van der Waals surface area contributed by atoms with Gasteiger partial charge in [-0.2, -0.15) is 0 Å². The topological polar surface area (TPSA) is 51.2 Å². The summed E-state index contributed by atoms with van der Waals surface area (Å²) in [5.74, 6) is -0.918. The van der Waals surface area contributed by atoms with Gasteiger partial charge >= 0.3 is 0 Å². The van der Waals surface area contributed by atoms with Crippen LogP contribution >= 0.6 is 0 Å². The number of alkyl halides is 2. The molecule has 2 aliphatic heterocycles. The molecule has 0 radical (unpaired) electrons. The van der Waals surface area contributed by atoms with E-state index < -0.39 is 5.92 Å². The zero-order valence-corrected chi connectivity index (χ0v) is 21.2. The van der Waals surface area contributed by atoms with E-state index in [0.29, 0.717) is 55.7 Å². The Morgan fingerprint density at radius 3 is 2.32 bits per heavy atom. The number of carbonyl (C=O) groups excluding carboxylic acids is 1. The molecule has 0 bridgehead atoms. The number of hydrogen-bond donors (Lipinski definition) is 0. The molecule has 1 fully saturated rings. The van der Waals surface area contributed by atoms with Crippen molar-refractivity contribution in [2.75, 3.05) is 44.8 Å². The fraction of sp³-hybridized carbons (Fsp3) is 0.300. The smallest absolute Gasteiger partial charge is 0.294 e. The number of nitrogens with zero attached hydrogens (tertiary/aromatic N) is 2. The lowest BCUT2D eigenvalue weighted by Gasteiger charge is -2.31. The Morgan fingerprint density at radius 1 is 0.895 bits per heavy atom. The molecule has 0 aliphatic carbocycles. The first kappa shape index (κ1) is 25.7. The average molecular weight is 521 g/mol. The number of likely N-dealkylation sites (tertiary alicyclic amines) is 1. The van der Waals surface area contributed by atoms with E-state index in [9.17, 15) is 13.6 Å². The average Bonchev–Trinajstić information content (AvgIpc) is 3.30. The zero-order valence-electron chi connectivity index (χ0n) is 21.2. The van der Waals surface area contributed by atoms with Crippen molar-refractivity contribution in [1.82, 2.24) is 4.90 Å². The second-order valence-corrected chi connectivity index (χ2v) is 9.36. The van der Waals surface area contributed by atoms with Gasteiger partial charge in [0.15, 0.2) is 17.3 Å². The molecule has 0 N–H and O–H groups in total. The van der Waals surface area contributed by atoms with Gasteiger partial charge in [-0.05, 0) is 41.5 Å². The van der Waals surface area contributed by atoms with Crippen LogP contribution in [-0.2, 0) is 4.79 Å². The van der Waals surface area contributed by atoms with Crippen molar-refractivity contribution in [3.63, 3.8) is 0 Å². The molecule has 0 aromatic heterocycles. The van der Waals surface area contributed by atoms with Crippen LogP contribution in [-0.4, -0.2) is 56.6 Å². The minimum Gasteiger partial charge on any atom is -0.493 e. The summed E-state index contributed by atoms with van der Waals surface area (Å²) in [6, 6.07) is 23.0.